The third-order valence-corrected chi connectivity index (χ3v) is 3.93. The Hall–Kier alpha value is -1.40. The van der Waals surface area contributed by atoms with E-state index in [4.69, 9.17) is 5.73 Å². The van der Waals surface area contributed by atoms with Crippen LogP contribution in [0.2, 0.25) is 0 Å². The van der Waals surface area contributed by atoms with Crippen LogP contribution in [-0.2, 0) is 6.54 Å². The van der Waals surface area contributed by atoms with Crippen LogP contribution in [0.3, 0.4) is 0 Å². The fraction of sp³-hybridized carbons (Fsp3) is 0.429. The Kier molecular flexibility index (Phi) is 5.55. The third kappa shape index (κ3) is 4.31. The van der Waals surface area contributed by atoms with Crippen LogP contribution < -0.4 is 5.73 Å². The first-order valence-corrected chi connectivity index (χ1v) is 7.71. The van der Waals surface area contributed by atoms with Gasteiger partial charge in [0.1, 0.15) is 5.82 Å². The average Bonchev–Trinajstić information content (AvgIpc) is 2.90. The van der Waals surface area contributed by atoms with E-state index in [1.807, 2.05) is 6.20 Å². The van der Waals surface area contributed by atoms with Crippen molar-refractivity contribution in [3.05, 3.63) is 42.0 Å². The predicted octanol–water partition coefficient (Wildman–Crippen LogP) is 3.01. The SMILES string of the molecule is CCCC(N)c1cn(CCSc2ccc(F)cc2)nn1. The van der Waals surface area contributed by atoms with E-state index in [9.17, 15) is 4.39 Å². The number of thioether (sulfide) groups is 1. The molecule has 0 bridgehead atoms. The molecule has 2 rings (SSSR count). The second kappa shape index (κ2) is 7.40. The molecule has 0 amide bonds. The third-order valence-electron chi connectivity index (χ3n) is 2.94. The van der Waals surface area contributed by atoms with Crippen LogP contribution in [0.25, 0.3) is 0 Å². The summed E-state index contributed by atoms with van der Waals surface area (Å²) in [5.74, 6) is 0.650. The Morgan fingerprint density at radius 3 is 2.80 bits per heavy atom. The monoisotopic (exact) mass is 294 g/mol. The first kappa shape index (κ1) is 15.0. The highest BCUT2D eigenvalue weighted by atomic mass is 32.2. The van der Waals surface area contributed by atoms with Crippen molar-refractivity contribution >= 4 is 11.8 Å². The molecular formula is C14H19FN4S. The lowest BCUT2D eigenvalue weighted by Crippen LogP contribution is -2.10. The smallest absolute Gasteiger partial charge is 0.123 e. The highest BCUT2D eigenvalue weighted by molar-refractivity contribution is 7.99. The number of nitrogens with two attached hydrogens (primary N) is 1. The summed E-state index contributed by atoms with van der Waals surface area (Å²) in [5, 5.41) is 8.18. The van der Waals surface area contributed by atoms with Gasteiger partial charge in [-0.2, -0.15) is 0 Å². The van der Waals surface area contributed by atoms with Crippen molar-refractivity contribution in [2.45, 2.75) is 37.2 Å². The van der Waals surface area contributed by atoms with Crippen LogP contribution in [0.15, 0.2) is 35.4 Å². The molecule has 0 saturated carbocycles. The molecule has 0 aliphatic rings. The summed E-state index contributed by atoms with van der Waals surface area (Å²) >= 11 is 1.67. The van der Waals surface area contributed by atoms with E-state index in [-0.39, 0.29) is 11.9 Å². The van der Waals surface area contributed by atoms with Gasteiger partial charge in [-0.3, -0.25) is 4.68 Å². The second-order valence-electron chi connectivity index (χ2n) is 4.60. The maximum atomic E-state index is 12.8. The van der Waals surface area contributed by atoms with Crippen LogP contribution in [0.4, 0.5) is 4.39 Å². The highest BCUT2D eigenvalue weighted by Gasteiger charge is 2.09. The van der Waals surface area contributed by atoms with Crippen molar-refractivity contribution in [3.8, 4) is 0 Å². The summed E-state index contributed by atoms with van der Waals surface area (Å²) in [5.41, 5.74) is 6.84. The number of nitrogens with zero attached hydrogens (tertiary/aromatic N) is 3. The maximum Gasteiger partial charge on any atom is 0.123 e. The van der Waals surface area contributed by atoms with E-state index in [0.717, 1.165) is 35.7 Å². The zero-order valence-electron chi connectivity index (χ0n) is 11.5. The van der Waals surface area contributed by atoms with E-state index in [2.05, 4.69) is 17.2 Å². The molecule has 0 spiro atoms. The van der Waals surface area contributed by atoms with Gasteiger partial charge < -0.3 is 5.73 Å². The number of hydrogen-bond acceptors (Lipinski definition) is 4. The summed E-state index contributed by atoms with van der Waals surface area (Å²) in [6, 6.07) is 6.48. The molecule has 20 heavy (non-hydrogen) atoms. The minimum absolute atomic E-state index is 0.0292. The normalized spacial score (nSPS) is 12.6. The van der Waals surface area contributed by atoms with E-state index < -0.39 is 0 Å². The topological polar surface area (TPSA) is 56.7 Å². The minimum atomic E-state index is -0.208. The van der Waals surface area contributed by atoms with Gasteiger partial charge in [-0.15, -0.1) is 16.9 Å². The Morgan fingerprint density at radius 1 is 1.35 bits per heavy atom. The lowest BCUT2D eigenvalue weighted by atomic mass is 10.1. The van der Waals surface area contributed by atoms with Crippen molar-refractivity contribution < 1.29 is 4.39 Å². The van der Waals surface area contributed by atoms with Gasteiger partial charge in [0, 0.05) is 10.6 Å². The number of aryl methyl sites for hydroxylation is 1. The van der Waals surface area contributed by atoms with Crippen molar-refractivity contribution in [1.82, 2.24) is 15.0 Å². The van der Waals surface area contributed by atoms with Crippen molar-refractivity contribution in [2.24, 2.45) is 5.73 Å². The highest BCUT2D eigenvalue weighted by Crippen LogP contribution is 2.18. The van der Waals surface area contributed by atoms with Crippen molar-refractivity contribution in [2.75, 3.05) is 5.75 Å². The first-order chi connectivity index (χ1) is 9.69. The summed E-state index contributed by atoms with van der Waals surface area (Å²) in [7, 11) is 0. The molecule has 1 heterocycles. The van der Waals surface area contributed by atoms with Gasteiger partial charge >= 0.3 is 0 Å². The van der Waals surface area contributed by atoms with Crippen LogP contribution in [0.5, 0.6) is 0 Å². The van der Waals surface area contributed by atoms with Gasteiger partial charge in [0.2, 0.25) is 0 Å². The van der Waals surface area contributed by atoms with Gasteiger partial charge in [-0.05, 0) is 30.7 Å². The van der Waals surface area contributed by atoms with Crippen molar-refractivity contribution in [1.29, 1.82) is 0 Å². The zero-order chi connectivity index (χ0) is 14.4. The molecule has 108 valence electrons. The van der Waals surface area contributed by atoms with Gasteiger partial charge in [0.25, 0.3) is 0 Å². The minimum Gasteiger partial charge on any atom is -0.323 e. The number of hydrogen-bond donors (Lipinski definition) is 1. The lowest BCUT2D eigenvalue weighted by Gasteiger charge is -2.04. The van der Waals surface area contributed by atoms with Gasteiger partial charge in [-0.25, -0.2) is 4.39 Å². The Labute approximate surface area is 122 Å². The molecule has 1 aromatic heterocycles. The van der Waals surface area contributed by atoms with Crippen LogP contribution in [-0.4, -0.2) is 20.7 Å². The molecule has 1 unspecified atom stereocenters. The molecule has 0 saturated heterocycles. The molecule has 2 N–H and O–H groups in total. The summed E-state index contributed by atoms with van der Waals surface area (Å²) in [6.45, 7) is 2.86. The fourth-order valence-corrected chi connectivity index (χ4v) is 2.68. The number of aromatic nitrogens is 3. The van der Waals surface area contributed by atoms with E-state index >= 15 is 0 Å². The molecule has 4 nitrogen and oxygen atoms in total. The van der Waals surface area contributed by atoms with Gasteiger partial charge in [-0.1, -0.05) is 18.6 Å². The largest absolute Gasteiger partial charge is 0.323 e. The lowest BCUT2D eigenvalue weighted by molar-refractivity contribution is 0.615. The molecule has 1 aromatic carbocycles. The molecule has 0 aliphatic heterocycles. The maximum absolute atomic E-state index is 12.8. The number of benzene rings is 1. The molecule has 0 aliphatic carbocycles. The molecule has 2 aromatic rings. The molecule has 6 heteroatoms. The first-order valence-electron chi connectivity index (χ1n) is 6.73. The number of rotatable bonds is 7. The summed E-state index contributed by atoms with van der Waals surface area (Å²) in [4.78, 5) is 1.05. The van der Waals surface area contributed by atoms with Gasteiger partial charge in [0.15, 0.2) is 0 Å². The quantitative estimate of drug-likeness (QED) is 0.798. The van der Waals surface area contributed by atoms with E-state index in [1.54, 1.807) is 28.6 Å². The molecule has 1 atom stereocenters. The molecular weight excluding hydrogens is 275 g/mol. The van der Waals surface area contributed by atoms with Crippen LogP contribution in [0.1, 0.15) is 31.5 Å². The van der Waals surface area contributed by atoms with Gasteiger partial charge in [0.05, 0.1) is 24.5 Å². The molecule has 0 fully saturated rings. The molecule has 0 radical (unpaired) electrons. The van der Waals surface area contributed by atoms with E-state index in [0.29, 0.717) is 0 Å². The van der Waals surface area contributed by atoms with Crippen LogP contribution >= 0.6 is 11.8 Å². The van der Waals surface area contributed by atoms with Crippen LogP contribution in [0, 0.1) is 5.82 Å². The second-order valence-corrected chi connectivity index (χ2v) is 5.77. The fourth-order valence-electron chi connectivity index (χ4n) is 1.84. The Balaban J connectivity index is 1.81. The summed E-state index contributed by atoms with van der Waals surface area (Å²) in [6.07, 6.45) is 3.86. The standard InChI is InChI=1S/C14H19FN4S/c1-2-3-13(16)14-10-19(18-17-14)8-9-20-12-6-4-11(15)5-7-12/h4-7,10,13H,2-3,8-9,16H2,1H3. The van der Waals surface area contributed by atoms with Crippen molar-refractivity contribution in [3.63, 3.8) is 0 Å². The summed E-state index contributed by atoms with van der Waals surface area (Å²) < 4.78 is 14.6. The van der Waals surface area contributed by atoms with E-state index in [1.165, 1.54) is 12.1 Å². The average molecular weight is 294 g/mol. The number of halogens is 1. The Morgan fingerprint density at radius 2 is 2.10 bits per heavy atom. The Bertz CT molecular complexity index is 526. The zero-order valence-corrected chi connectivity index (χ0v) is 12.3. The predicted molar refractivity (Wildman–Crippen MR) is 79.0 cm³/mol.